The average molecular weight is 305 g/mol. The number of hydrogen-bond donors (Lipinski definition) is 0. The van der Waals surface area contributed by atoms with Crippen molar-refractivity contribution in [1.82, 2.24) is 0 Å². The normalized spacial score (nSPS) is 16.8. The van der Waals surface area contributed by atoms with E-state index in [1.54, 1.807) is 19.6 Å². The first kappa shape index (κ1) is 17.2. The fraction of sp³-hybridized carbons (Fsp3) is 1.00. The van der Waals surface area contributed by atoms with E-state index < -0.39 is 36.2 Å². The second-order valence-corrected chi connectivity index (χ2v) is 10.9. The van der Waals surface area contributed by atoms with Gasteiger partial charge >= 0.3 is 10.4 Å². The van der Waals surface area contributed by atoms with Crippen LogP contribution in [0.15, 0.2) is 0 Å². The van der Waals surface area contributed by atoms with Crippen LogP contribution in [0.1, 0.15) is 13.3 Å². The van der Waals surface area contributed by atoms with E-state index in [4.69, 9.17) is 3.87 Å². The Morgan fingerprint density at radius 2 is 1.88 bits per heavy atom. The first-order valence-electron chi connectivity index (χ1n) is 4.88. The lowest BCUT2D eigenvalue weighted by Crippen LogP contribution is -2.30. The molecule has 104 valence electrons. The van der Waals surface area contributed by atoms with E-state index >= 15 is 0 Å². The average Bonchev–Trinajstić information content (AvgIpc) is 1.95. The van der Waals surface area contributed by atoms with E-state index in [1.165, 1.54) is 6.92 Å². The summed E-state index contributed by atoms with van der Waals surface area (Å²) in [6, 6.07) is 0. The van der Waals surface area contributed by atoms with Gasteiger partial charge < -0.3 is 4.55 Å². The van der Waals surface area contributed by atoms with Crippen molar-refractivity contribution in [3.8, 4) is 0 Å². The smallest absolute Gasteiger partial charge is 0.390 e. The Balaban J connectivity index is 4.00. The quantitative estimate of drug-likeness (QED) is 0.480. The Hall–Kier alpha value is 0.157. The van der Waals surface area contributed by atoms with Crippen LogP contribution in [-0.2, 0) is 34.0 Å². The second kappa shape index (κ2) is 6.92. The van der Waals surface area contributed by atoms with Crippen LogP contribution in [0.3, 0.4) is 0 Å². The molecular formula is C7H17O7S2Si-. The number of rotatable bonds is 8. The maximum atomic E-state index is 11.3. The van der Waals surface area contributed by atoms with Gasteiger partial charge in [-0.1, -0.05) is 0 Å². The van der Waals surface area contributed by atoms with Crippen LogP contribution >= 0.6 is 0 Å². The van der Waals surface area contributed by atoms with Gasteiger partial charge in [0.2, 0.25) is 8.32 Å². The SMILES string of the molecule is CC(CCOS(=O)(=O)O[Si](C)(C)C)OS(=O)[O-]. The lowest BCUT2D eigenvalue weighted by Gasteiger charge is -2.17. The summed E-state index contributed by atoms with van der Waals surface area (Å²) in [6.07, 6.45) is -0.516. The molecule has 0 aromatic heterocycles. The van der Waals surface area contributed by atoms with Gasteiger partial charge in [-0.2, -0.15) is 8.42 Å². The summed E-state index contributed by atoms with van der Waals surface area (Å²) in [7, 11) is -6.25. The third-order valence-electron chi connectivity index (χ3n) is 1.35. The maximum absolute atomic E-state index is 11.3. The van der Waals surface area contributed by atoms with Crippen molar-refractivity contribution in [2.75, 3.05) is 6.61 Å². The lowest BCUT2D eigenvalue weighted by molar-refractivity contribution is 0.173. The third-order valence-corrected chi connectivity index (χ3v) is 5.10. The molecule has 0 bridgehead atoms. The molecular weight excluding hydrogens is 288 g/mol. The highest BCUT2D eigenvalue weighted by Crippen LogP contribution is 2.10. The molecule has 0 fully saturated rings. The molecule has 0 radical (unpaired) electrons. The summed E-state index contributed by atoms with van der Waals surface area (Å²) in [5.74, 6) is 0. The summed E-state index contributed by atoms with van der Waals surface area (Å²) < 4.78 is 56.6. The third kappa shape index (κ3) is 11.0. The maximum Gasteiger partial charge on any atom is 0.390 e. The van der Waals surface area contributed by atoms with Crippen LogP contribution < -0.4 is 0 Å². The van der Waals surface area contributed by atoms with Gasteiger partial charge in [-0.25, -0.2) is 8.39 Å². The van der Waals surface area contributed by atoms with Crippen LogP contribution in [0.25, 0.3) is 0 Å². The largest absolute Gasteiger partial charge is 0.750 e. The van der Waals surface area contributed by atoms with Crippen LogP contribution in [0.4, 0.5) is 0 Å². The highest BCUT2D eigenvalue weighted by molar-refractivity contribution is 7.83. The van der Waals surface area contributed by atoms with Crippen molar-refractivity contribution in [1.29, 1.82) is 0 Å². The van der Waals surface area contributed by atoms with Crippen molar-refractivity contribution in [2.24, 2.45) is 0 Å². The number of hydrogen-bond acceptors (Lipinski definition) is 7. The molecule has 0 saturated carbocycles. The molecule has 0 aliphatic heterocycles. The van der Waals surface area contributed by atoms with E-state index in [0.29, 0.717) is 0 Å². The molecule has 2 atom stereocenters. The van der Waals surface area contributed by atoms with Crippen LogP contribution in [0, 0.1) is 0 Å². The molecule has 0 aromatic carbocycles. The van der Waals surface area contributed by atoms with Crippen LogP contribution in [0.5, 0.6) is 0 Å². The van der Waals surface area contributed by atoms with Crippen molar-refractivity contribution in [3.05, 3.63) is 0 Å². The Morgan fingerprint density at radius 1 is 1.35 bits per heavy atom. The molecule has 2 unspecified atom stereocenters. The summed E-state index contributed by atoms with van der Waals surface area (Å²) >= 11 is -2.62. The van der Waals surface area contributed by atoms with E-state index in [9.17, 15) is 17.2 Å². The van der Waals surface area contributed by atoms with Gasteiger partial charge in [0.15, 0.2) is 0 Å². The van der Waals surface area contributed by atoms with Gasteiger partial charge in [0.1, 0.15) is 0 Å². The van der Waals surface area contributed by atoms with E-state index in [2.05, 4.69) is 8.37 Å². The Morgan fingerprint density at radius 3 is 2.29 bits per heavy atom. The molecule has 0 spiro atoms. The van der Waals surface area contributed by atoms with Gasteiger partial charge in [-0.15, -0.1) is 0 Å². The van der Waals surface area contributed by atoms with Crippen LogP contribution in [-0.4, -0.2) is 38.2 Å². The van der Waals surface area contributed by atoms with E-state index in [1.807, 2.05) is 0 Å². The second-order valence-electron chi connectivity index (χ2n) is 4.33. The molecule has 0 saturated heterocycles. The van der Waals surface area contributed by atoms with Gasteiger partial charge in [-0.05, 0) is 33.0 Å². The van der Waals surface area contributed by atoms with Crippen molar-refractivity contribution in [3.63, 3.8) is 0 Å². The standard InChI is InChI=1S/C7H18O7S2Si/c1-7(13-15(8)9)5-6-12-16(10,11)14-17(2,3)4/h7H,5-6H2,1-4H3,(H,8,9)/p-1. The summed E-state index contributed by atoms with van der Waals surface area (Å²) in [4.78, 5) is 0. The Kier molecular flexibility index (Phi) is 6.99. The van der Waals surface area contributed by atoms with Crippen molar-refractivity contribution < 1.29 is 29.4 Å². The molecule has 0 rings (SSSR count). The minimum absolute atomic E-state index is 0.127. The van der Waals surface area contributed by atoms with E-state index in [-0.39, 0.29) is 13.0 Å². The lowest BCUT2D eigenvalue weighted by atomic mass is 10.3. The highest BCUT2D eigenvalue weighted by Gasteiger charge is 2.25. The molecule has 7 nitrogen and oxygen atoms in total. The Labute approximate surface area is 105 Å². The zero-order chi connectivity index (χ0) is 13.7. The molecule has 0 aliphatic rings. The summed E-state index contributed by atoms with van der Waals surface area (Å²) in [6.45, 7) is 6.43. The van der Waals surface area contributed by atoms with Crippen molar-refractivity contribution >= 4 is 30.1 Å². The molecule has 0 aromatic rings. The first-order valence-corrected chi connectivity index (χ1v) is 10.6. The van der Waals surface area contributed by atoms with Gasteiger partial charge in [-0.3, -0.25) is 8.06 Å². The van der Waals surface area contributed by atoms with Gasteiger partial charge in [0, 0.05) is 0 Å². The van der Waals surface area contributed by atoms with E-state index in [0.717, 1.165) is 0 Å². The monoisotopic (exact) mass is 305 g/mol. The molecule has 17 heavy (non-hydrogen) atoms. The predicted octanol–water partition coefficient (Wildman–Crippen LogP) is 0.689. The molecule has 0 amide bonds. The topological polar surface area (TPSA) is 102 Å². The fourth-order valence-corrected chi connectivity index (χ4v) is 4.14. The summed E-state index contributed by atoms with van der Waals surface area (Å²) in [5.41, 5.74) is 0. The zero-order valence-corrected chi connectivity index (χ0v) is 12.8. The molecule has 0 heterocycles. The fourth-order valence-electron chi connectivity index (χ4n) is 0.829. The summed E-state index contributed by atoms with van der Waals surface area (Å²) in [5, 5.41) is 0. The van der Waals surface area contributed by atoms with Crippen LogP contribution in [0.2, 0.25) is 19.6 Å². The molecule has 10 heteroatoms. The highest BCUT2D eigenvalue weighted by atomic mass is 32.3. The van der Waals surface area contributed by atoms with Gasteiger partial charge in [0.05, 0.1) is 24.1 Å². The minimum atomic E-state index is -4.01. The first-order chi connectivity index (χ1) is 7.52. The van der Waals surface area contributed by atoms with Gasteiger partial charge in [0.25, 0.3) is 0 Å². The minimum Gasteiger partial charge on any atom is -0.750 e. The predicted molar refractivity (Wildman–Crippen MR) is 63.4 cm³/mol. The van der Waals surface area contributed by atoms with Crippen molar-refractivity contribution in [2.45, 2.75) is 39.1 Å². The molecule has 0 N–H and O–H groups in total. The zero-order valence-electron chi connectivity index (χ0n) is 10.2. The Bertz CT molecular complexity index is 348. The molecule has 0 aliphatic carbocycles.